The molecule has 100 valence electrons. The van der Waals surface area contributed by atoms with E-state index in [0.717, 1.165) is 43.1 Å². The molecule has 18 heavy (non-hydrogen) atoms. The highest BCUT2D eigenvalue weighted by Crippen LogP contribution is 2.16. The Morgan fingerprint density at radius 1 is 1.06 bits per heavy atom. The second-order valence-corrected chi connectivity index (χ2v) is 4.20. The summed E-state index contributed by atoms with van der Waals surface area (Å²) >= 11 is 0. The van der Waals surface area contributed by atoms with E-state index in [1.54, 1.807) is 7.11 Å². The highest BCUT2D eigenvalue weighted by atomic mass is 16.5. The molecule has 1 aromatic carbocycles. The maximum absolute atomic E-state index is 5.58. The molecule has 1 rings (SSSR count). The second kappa shape index (κ2) is 8.59. The smallest absolute Gasteiger partial charge is 0.119 e. The van der Waals surface area contributed by atoms with Gasteiger partial charge in [0, 0.05) is 13.0 Å². The van der Waals surface area contributed by atoms with Crippen molar-refractivity contribution in [2.45, 2.75) is 19.8 Å². The lowest BCUT2D eigenvalue weighted by atomic mass is 10.3. The van der Waals surface area contributed by atoms with Crippen molar-refractivity contribution in [3.63, 3.8) is 0 Å². The van der Waals surface area contributed by atoms with Gasteiger partial charge in [-0.15, -0.1) is 6.58 Å². The zero-order valence-electron chi connectivity index (χ0n) is 11.3. The third kappa shape index (κ3) is 6.30. The molecular formula is C15H22O3. The normalized spacial score (nSPS) is 10.1. The highest BCUT2D eigenvalue weighted by Gasteiger charge is 1.95. The van der Waals surface area contributed by atoms with Gasteiger partial charge in [0.1, 0.15) is 11.5 Å². The van der Waals surface area contributed by atoms with E-state index in [0.29, 0.717) is 6.61 Å². The van der Waals surface area contributed by atoms with Gasteiger partial charge in [-0.05, 0) is 37.6 Å². The van der Waals surface area contributed by atoms with Crippen LogP contribution >= 0.6 is 0 Å². The number of hydrogen-bond donors (Lipinski definition) is 0. The summed E-state index contributed by atoms with van der Waals surface area (Å²) in [5.74, 6) is 1.70. The number of ether oxygens (including phenoxy) is 3. The van der Waals surface area contributed by atoms with Gasteiger partial charge in [0.15, 0.2) is 0 Å². The molecule has 0 fully saturated rings. The van der Waals surface area contributed by atoms with E-state index in [-0.39, 0.29) is 0 Å². The Morgan fingerprint density at radius 3 is 2.33 bits per heavy atom. The SMILES string of the molecule is C=C(C)CCOCCCOc1ccc(OC)cc1. The van der Waals surface area contributed by atoms with Crippen LogP contribution in [-0.4, -0.2) is 26.9 Å². The van der Waals surface area contributed by atoms with Crippen molar-refractivity contribution in [2.75, 3.05) is 26.9 Å². The van der Waals surface area contributed by atoms with Crippen molar-refractivity contribution in [2.24, 2.45) is 0 Å². The van der Waals surface area contributed by atoms with Crippen LogP contribution in [0.1, 0.15) is 19.8 Å². The van der Waals surface area contributed by atoms with Crippen molar-refractivity contribution in [3.05, 3.63) is 36.4 Å². The molecular weight excluding hydrogens is 228 g/mol. The van der Waals surface area contributed by atoms with E-state index in [9.17, 15) is 0 Å². The predicted octanol–water partition coefficient (Wildman–Crippen LogP) is 3.45. The van der Waals surface area contributed by atoms with Gasteiger partial charge in [0.25, 0.3) is 0 Å². The van der Waals surface area contributed by atoms with Crippen molar-refractivity contribution < 1.29 is 14.2 Å². The van der Waals surface area contributed by atoms with Gasteiger partial charge in [0.2, 0.25) is 0 Å². The molecule has 3 heteroatoms. The number of methoxy groups -OCH3 is 1. The number of benzene rings is 1. The van der Waals surface area contributed by atoms with E-state index in [4.69, 9.17) is 14.2 Å². The zero-order chi connectivity index (χ0) is 13.2. The van der Waals surface area contributed by atoms with Crippen molar-refractivity contribution in [1.29, 1.82) is 0 Å². The summed E-state index contributed by atoms with van der Waals surface area (Å²) in [6.07, 6.45) is 1.82. The predicted molar refractivity (Wildman–Crippen MR) is 73.4 cm³/mol. The quantitative estimate of drug-likeness (QED) is 0.496. The molecule has 3 nitrogen and oxygen atoms in total. The highest BCUT2D eigenvalue weighted by molar-refractivity contribution is 5.31. The first-order valence-electron chi connectivity index (χ1n) is 6.21. The van der Waals surface area contributed by atoms with Gasteiger partial charge in [-0.3, -0.25) is 0 Å². The number of hydrogen-bond acceptors (Lipinski definition) is 3. The largest absolute Gasteiger partial charge is 0.497 e. The Labute approximate surface area is 109 Å². The first-order valence-corrected chi connectivity index (χ1v) is 6.21. The molecule has 0 heterocycles. The van der Waals surface area contributed by atoms with Gasteiger partial charge in [-0.1, -0.05) is 5.57 Å². The maximum Gasteiger partial charge on any atom is 0.119 e. The van der Waals surface area contributed by atoms with Gasteiger partial charge in [-0.2, -0.15) is 0 Å². The minimum atomic E-state index is 0.666. The third-order valence-electron chi connectivity index (χ3n) is 2.43. The molecule has 0 amide bonds. The van der Waals surface area contributed by atoms with Crippen LogP contribution in [0.2, 0.25) is 0 Å². The Balaban J connectivity index is 2.05. The molecule has 0 aliphatic rings. The Morgan fingerprint density at radius 2 is 1.72 bits per heavy atom. The minimum Gasteiger partial charge on any atom is -0.497 e. The van der Waals surface area contributed by atoms with Crippen LogP contribution in [0, 0.1) is 0 Å². The Kier molecular flexibility index (Phi) is 6.96. The molecule has 0 aliphatic heterocycles. The van der Waals surface area contributed by atoms with Crippen molar-refractivity contribution in [1.82, 2.24) is 0 Å². The van der Waals surface area contributed by atoms with E-state index in [1.165, 1.54) is 0 Å². The lowest BCUT2D eigenvalue weighted by Crippen LogP contribution is -2.04. The van der Waals surface area contributed by atoms with Crippen LogP contribution in [0.15, 0.2) is 36.4 Å². The lowest BCUT2D eigenvalue weighted by molar-refractivity contribution is 0.122. The monoisotopic (exact) mass is 250 g/mol. The van der Waals surface area contributed by atoms with Crippen LogP contribution in [0.3, 0.4) is 0 Å². The average molecular weight is 250 g/mol. The Bertz CT molecular complexity index is 343. The standard InChI is InChI=1S/C15H22O3/c1-13(2)9-12-17-10-4-11-18-15-7-5-14(16-3)6-8-15/h5-8H,1,4,9-12H2,2-3H3. The summed E-state index contributed by atoms with van der Waals surface area (Å²) in [7, 11) is 1.65. The van der Waals surface area contributed by atoms with E-state index >= 15 is 0 Å². The zero-order valence-corrected chi connectivity index (χ0v) is 11.3. The summed E-state index contributed by atoms with van der Waals surface area (Å²) in [5.41, 5.74) is 1.16. The summed E-state index contributed by atoms with van der Waals surface area (Å²) in [6, 6.07) is 7.58. The first kappa shape index (κ1) is 14.6. The van der Waals surface area contributed by atoms with Gasteiger partial charge < -0.3 is 14.2 Å². The molecule has 0 saturated carbocycles. The van der Waals surface area contributed by atoms with Crippen LogP contribution in [0.5, 0.6) is 11.5 Å². The molecule has 0 aliphatic carbocycles. The van der Waals surface area contributed by atoms with E-state index in [2.05, 4.69) is 6.58 Å². The molecule has 0 spiro atoms. The fourth-order valence-corrected chi connectivity index (χ4v) is 1.37. The summed E-state index contributed by atoms with van der Waals surface area (Å²) in [4.78, 5) is 0. The van der Waals surface area contributed by atoms with Crippen LogP contribution in [0.4, 0.5) is 0 Å². The number of rotatable bonds is 9. The summed E-state index contributed by atoms with van der Waals surface area (Å²) in [6.45, 7) is 7.98. The topological polar surface area (TPSA) is 27.7 Å². The van der Waals surface area contributed by atoms with Gasteiger partial charge >= 0.3 is 0 Å². The lowest BCUT2D eigenvalue weighted by Gasteiger charge is -2.07. The fraction of sp³-hybridized carbons (Fsp3) is 0.467. The first-order chi connectivity index (χ1) is 8.72. The third-order valence-corrected chi connectivity index (χ3v) is 2.43. The van der Waals surface area contributed by atoms with E-state index in [1.807, 2.05) is 31.2 Å². The molecule has 0 N–H and O–H groups in total. The molecule has 0 bridgehead atoms. The van der Waals surface area contributed by atoms with Gasteiger partial charge in [0.05, 0.1) is 20.3 Å². The van der Waals surface area contributed by atoms with Crippen molar-refractivity contribution >= 4 is 0 Å². The molecule has 0 saturated heterocycles. The van der Waals surface area contributed by atoms with Crippen LogP contribution in [-0.2, 0) is 4.74 Å². The maximum atomic E-state index is 5.58. The average Bonchev–Trinajstić information content (AvgIpc) is 2.38. The molecule has 0 aromatic heterocycles. The van der Waals surface area contributed by atoms with Crippen LogP contribution in [0.25, 0.3) is 0 Å². The summed E-state index contributed by atoms with van der Waals surface area (Å²) < 4.78 is 16.1. The summed E-state index contributed by atoms with van der Waals surface area (Å²) in [5, 5.41) is 0. The van der Waals surface area contributed by atoms with Crippen molar-refractivity contribution in [3.8, 4) is 11.5 Å². The van der Waals surface area contributed by atoms with E-state index < -0.39 is 0 Å². The van der Waals surface area contributed by atoms with Gasteiger partial charge in [-0.25, -0.2) is 0 Å². The second-order valence-electron chi connectivity index (χ2n) is 4.20. The molecule has 0 unspecified atom stereocenters. The molecule has 1 aromatic rings. The Hall–Kier alpha value is -1.48. The fourth-order valence-electron chi connectivity index (χ4n) is 1.37. The molecule has 0 radical (unpaired) electrons. The molecule has 0 atom stereocenters. The minimum absolute atomic E-state index is 0.666. The van der Waals surface area contributed by atoms with Crippen LogP contribution < -0.4 is 9.47 Å².